The van der Waals surface area contributed by atoms with Crippen molar-refractivity contribution in [3.63, 3.8) is 0 Å². The number of esters is 1. The van der Waals surface area contributed by atoms with Crippen molar-refractivity contribution >= 4 is 5.97 Å². The van der Waals surface area contributed by atoms with Crippen molar-refractivity contribution in [3.05, 3.63) is 17.3 Å². The van der Waals surface area contributed by atoms with E-state index in [4.69, 9.17) is 0 Å². The van der Waals surface area contributed by atoms with Gasteiger partial charge >= 0.3 is 12.3 Å². The van der Waals surface area contributed by atoms with Crippen LogP contribution in [0.15, 0.2) is 6.20 Å². The molecule has 0 radical (unpaired) electrons. The molecule has 1 aromatic rings. The average molecular weight is 297 g/mol. The lowest BCUT2D eigenvalue weighted by atomic mass is 10.1. The first-order valence-electron chi connectivity index (χ1n) is 5.45. The van der Waals surface area contributed by atoms with Crippen LogP contribution in [0.1, 0.15) is 18.1 Å². The van der Waals surface area contributed by atoms with Crippen molar-refractivity contribution in [3.8, 4) is 11.6 Å². The van der Waals surface area contributed by atoms with Gasteiger partial charge in [-0.1, -0.05) is 0 Å². The molecule has 0 aromatic carbocycles. The Morgan fingerprint density at radius 1 is 1.40 bits per heavy atom. The van der Waals surface area contributed by atoms with Crippen LogP contribution in [0.4, 0.5) is 17.6 Å². The van der Waals surface area contributed by atoms with Crippen LogP contribution in [-0.2, 0) is 22.6 Å². The summed E-state index contributed by atoms with van der Waals surface area (Å²) in [4.78, 5) is 14.5. The van der Waals surface area contributed by atoms with Crippen molar-refractivity contribution in [1.29, 1.82) is 0 Å². The van der Waals surface area contributed by atoms with Crippen LogP contribution in [-0.4, -0.2) is 29.0 Å². The molecule has 0 bridgehead atoms. The largest absolute Gasteiger partial charge is 0.574 e. The number of halogens is 4. The van der Waals surface area contributed by atoms with Gasteiger partial charge in [-0.05, 0) is 6.92 Å². The number of ether oxygens (including phenoxy) is 2. The predicted molar refractivity (Wildman–Crippen MR) is 57.7 cm³/mol. The van der Waals surface area contributed by atoms with E-state index < -0.39 is 42.6 Å². The fraction of sp³-hybridized carbons (Fsp3) is 0.455. The van der Waals surface area contributed by atoms with Crippen LogP contribution in [0.25, 0.3) is 0 Å². The number of carbonyl (C=O) groups is 1. The highest BCUT2D eigenvalue weighted by atomic mass is 19.4. The molecule has 5 nitrogen and oxygen atoms in total. The third kappa shape index (κ3) is 4.25. The minimum absolute atomic E-state index is 0.0432. The summed E-state index contributed by atoms with van der Waals surface area (Å²) in [5, 5.41) is 9.49. The lowest BCUT2D eigenvalue weighted by Crippen LogP contribution is -2.20. The Kier molecular flexibility index (Phi) is 5.12. The molecule has 1 aromatic heterocycles. The van der Waals surface area contributed by atoms with E-state index in [1.54, 1.807) is 0 Å². The van der Waals surface area contributed by atoms with Gasteiger partial charge in [0.25, 0.3) is 0 Å². The molecule has 0 aliphatic heterocycles. The van der Waals surface area contributed by atoms with E-state index in [-0.39, 0.29) is 12.2 Å². The minimum Gasteiger partial charge on any atom is -0.506 e. The molecule has 0 fully saturated rings. The number of pyridine rings is 1. The third-order valence-electron chi connectivity index (χ3n) is 2.21. The van der Waals surface area contributed by atoms with Crippen LogP contribution in [0.5, 0.6) is 11.6 Å². The fourth-order valence-electron chi connectivity index (χ4n) is 1.45. The molecule has 0 saturated heterocycles. The number of aromatic hydroxyl groups is 1. The van der Waals surface area contributed by atoms with Gasteiger partial charge in [0.15, 0.2) is 0 Å². The zero-order valence-corrected chi connectivity index (χ0v) is 10.3. The van der Waals surface area contributed by atoms with E-state index in [0.29, 0.717) is 6.20 Å². The molecule has 0 unspecified atom stereocenters. The Morgan fingerprint density at radius 3 is 2.55 bits per heavy atom. The number of aromatic nitrogens is 1. The maximum atomic E-state index is 12.9. The number of nitrogens with zero attached hydrogens (tertiary/aromatic N) is 1. The van der Waals surface area contributed by atoms with Gasteiger partial charge in [0, 0.05) is 5.56 Å². The van der Waals surface area contributed by atoms with Crippen LogP contribution >= 0.6 is 0 Å². The number of alkyl halides is 4. The summed E-state index contributed by atoms with van der Waals surface area (Å²) in [6, 6.07) is 0. The quantitative estimate of drug-likeness (QED) is 0.667. The van der Waals surface area contributed by atoms with Gasteiger partial charge in [0.1, 0.15) is 12.4 Å². The zero-order valence-electron chi connectivity index (χ0n) is 10.3. The molecule has 1 rings (SSSR count). The second-order valence-corrected chi connectivity index (χ2v) is 3.57. The summed E-state index contributed by atoms with van der Waals surface area (Å²) in [6.45, 7) is 0.182. The predicted octanol–water partition coefficient (Wildman–Crippen LogP) is 2.26. The second-order valence-electron chi connectivity index (χ2n) is 3.57. The van der Waals surface area contributed by atoms with Gasteiger partial charge in [-0.15, -0.1) is 13.2 Å². The Balaban J connectivity index is 3.14. The molecular formula is C11H11F4NO4. The molecular weight excluding hydrogens is 286 g/mol. The lowest BCUT2D eigenvalue weighted by molar-refractivity contribution is -0.276. The van der Waals surface area contributed by atoms with E-state index in [0.717, 1.165) is 0 Å². The smallest absolute Gasteiger partial charge is 0.506 e. The number of hydrogen-bond acceptors (Lipinski definition) is 5. The summed E-state index contributed by atoms with van der Waals surface area (Å²) < 4.78 is 57.4. The SMILES string of the molecule is CCOC(=O)Cc1c(O)cnc(OC(F)(F)F)c1CF. The molecule has 0 amide bonds. The van der Waals surface area contributed by atoms with Crippen molar-refractivity contribution < 1.29 is 36.9 Å². The molecule has 1 N–H and O–H groups in total. The molecule has 0 saturated carbocycles. The van der Waals surface area contributed by atoms with Gasteiger partial charge in [-0.3, -0.25) is 4.79 Å². The van der Waals surface area contributed by atoms with Gasteiger partial charge in [0.05, 0.1) is 24.8 Å². The lowest BCUT2D eigenvalue weighted by Gasteiger charge is -2.14. The molecule has 0 atom stereocenters. The van der Waals surface area contributed by atoms with Gasteiger partial charge in [-0.25, -0.2) is 9.37 Å². The van der Waals surface area contributed by atoms with Gasteiger partial charge in [-0.2, -0.15) is 0 Å². The third-order valence-corrected chi connectivity index (χ3v) is 2.21. The Hall–Kier alpha value is -2.06. The first-order chi connectivity index (χ1) is 9.28. The van der Waals surface area contributed by atoms with E-state index in [2.05, 4.69) is 14.5 Å². The topological polar surface area (TPSA) is 68.7 Å². The highest BCUT2D eigenvalue weighted by Gasteiger charge is 2.34. The molecule has 20 heavy (non-hydrogen) atoms. The number of rotatable bonds is 5. The maximum absolute atomic E-state index is 12.9. The fourth-order valence-corrected chi connectivity index (χ4v) is 1.45. The van der Waals surface area contributed by atoms with Crippen molar-refractivity contribution in [2.45, 2.75) is 26.4 Å². The summed E-state index contributed by atoms with van der Waals surface area (Å²) in [5.41, 5.74) is -0.990. The van der Waals surface area contributed by atoms with Crippen LogP contribution in [0.2, 0.25) is 0 Å². The highest BCUT2D eigenvalue weighted by Crippen LogP contribution is 2.32. The first kappa shape index (κ1) is 16.0. The summed E-state index contributed by atoms with van der Waals surface area (Å²) in [5.74, 6) is -2.47. The van der Waals surface area contributed by atoms with Gasteiger partial charge < -0.3 is 14.6 Å². The Morgan fingerprint density at radius 2 is 2.05 bits per heavy atom. The molecule has 9 heteroatoms. The summed E-state index contributed by atoms with van der Waals surface area (Å²) in [7, 11) is 0. The monoisotopic (exact) mass is 297 g/mol. The summed E-state index contributed by atoms with van der Waals surface area (Å²) >= 11 is 0. The van der Waals surface area contributed by atoms with E-state index in [1.165, 1.54) is 6.92 Å². The van der Waals surface area contributed by atoms with Gasteiger partial charge in [0.2, 0.25) is 5.88 Å². The normalized spacial score (nSPS) is 11.2. The average Bonchev–Trinajstić information content (AvgIpc) is 2.32. The molecule has 0 spiro atoms. The van der Waals surface area contributed by atoms with E-state index in [9.17, 15) is 27.5 Å². The number of hydrogen-bond donors (Lipinski definition) is 1. The van der Waals surface area contributed by atoms with Crippen molar-refractivity contribution in [2.75, 3.05) is 6.61 Å². The zero-order chi connectivity index (χ0) is 15.3. The van der Waals surface area contributed by atoms with Crippen LogP contribution < -0.4 is 4.74 Å². The Bertz CT molecular complexity index is 490. The summed E-state index contributed by atoms with van der Waals surface area (Å²) in [6.07, 6.45) is -5.00. The van der Waals surface area contributed by atoms with Crippen molar-refractivity contribution in [2.24, 2.45) is 0 Å². The van der Waals surface area contributed by atoms with Crippen molar-refractivity contribution in [1.82, 2.24) is 4.98 Å². The second kappa shape index (κ2) is 6.40. The molecule has 112 valence electrons. The first-order valence-corrected chi connectivity index (χ1v) is 5.45. The maximum Gasteiger partial charge on any atom is 0.574 e. The molecule has 0 aliphatic carbocycles. The van der Waals surface area contributed by atoms with E-state index in [1.807, 2.05) is 0 Å². The van der Waals surface area contributed by atoms with E-state index >= 15 is 0 Å². The highest BCUT2D eigenvalue weighted by molar-refractivity contribution is 5.74. The Labute approximate surface area is 111 Å². The standard InChI is InChI=1S/C11H11F4NO4/c1-2-19-9(18)3-6-7(4-12)10(16-5-8(6)17)20-11(13,14)15/h5,17H,2-4H2,1H3. The number of carbonyl (C=O) groups excluding carboxylic acids is 1. The minimum atomic E-state index is -5.06. The van der Waals surface area contributed by atoms with Crippen LogP contribution in [0.3, 0.4) is 0 Å². The molecule has 1 heterocycles. The van der Waals surface area contributed by atoms with Crippen LogP contribution in [0, 0.1) is 0 Å². The molecule has 0 aliphatic rings.